The Kier molecular flexibility index (Phi) is 7.52. The highest BCUT2D eigenvalue weighted by molar-refractivity contribution is 7.88. The summed E-state index contributed by atoms with van der Waals surface area (Å²) in [6, 6.07) is 9.89. The topological polar surface area (TPSA) is 98.8 Å². The third kappa shape index (κ3) is 7.12. The van der Waals surface area contributed by atoms with E-state index in [0.717, 1.165) is 11.1 Å². The summed E-state index contributed by atoms with van der Waals surface area (Å²) >= 11 is 1.25. The van der Waals surface area contributed by atoms with Crippen LogP contribution >= 0.6 is 11.3 Å². The van der Waals surface area contributed by atoms with Crippen molar-refractivity contribution in [2.45, 2.75) is 13.3 Å². The van der Waals surface area contributed by atoms with Crippen LogP contribution in [0.3, 0.4) is 0 Å². The van der Waals surface area contributed by atoms with Gasteiger partial charge in [-0.25, -0.2) is 17.9 Å². The van der Waals surface area contributed by atoms with Crippen LogP contribution in [-0.4, -0.2) is 46.2 Å². The number of sulfonamides is 1. The van der Waals surface area contributed by atoms with Gasteiger partial charge in [0.1, 0.15) is 5.75 Å². The molecule has 0 aliphatic rings. The molecule has 1 heterocycles. The van der Waals surface area contributed by atoms with Crippen LogP contribution in [0, 0.1) is 0 Å². The maximum absolute atomic E-state index is 12.2. The fraction of sp³-hybridized carbons (Fsp3) is 0.333. The molecule has 0 spiro atoms. The van der Waals surface area contributed by atoms with Crippen LogP contribution in [-0.2, 0) is 21.2 Å². The first-order valence-electron chi connectivity index (χ1n) is 8.25. The quantitative estimate of drug-likeness (QED) is 0.476. The van der Waals surface area contributed by atoms with E-state index in [1.165, 1.54) is 11.3 Å². The number of hydrogen-bond donors (Lipinski definition) is 1. The summed E-state index contributed by atoms with van der Waals surface area (Å²) in [5, 5.41) is 0. The van der Waals surface area contributed by atoms with E-state index in [4.69, 9.17) is 9.47 Å². The number of carbonyl (C=O) groups excluding carboxylic acids is 2. The van der Waals surface area contributed by atoms with Crippen molar-refractivity contribution in [1.29, 1.82) is 0 Å². The smallest absolute Gasteiger partial charge is 0.338 e. The Balaban J connectivity index is 1.83. The highest BCUT2D eigenvalue weighted by Gasteiger charge is 2.14. The summed E-state index contributed by atoms with van der Waals surface area (Å²) < 4.78 is 34.8. The monoisotopic (exact) mass is 411 g/mol. The normalized spacial score (nSPS) is 11.2. The molecule has 0 unspecified atom stereocenters. The summed E-state index contributed by atoms with van der Waals surface area (Å²) in [6.07, 6.45) is 1.58. The van der Waals surface area contributed by atoms with Crippen molar-refractivity contribution in [2.24, 2.45) is 0 Å². The minimum Gasteiger partial charge on any atom is -0.494 e. The molecule has 0 saturated carbocycles. The van der Waals surface area contributed by atoms with Crippen molar-refractivity contribution < 1.29 is 27.5 Å². The predicted octanol–water partition coefficient (Wildman–Crippen LogP) is 2.28. The zero-order chi connectivity index (χ0) is 19.9. The predicted molar refractivity (Wildman–Crippen MR) is 103 cm³/mol. The summed E-state index contributed by atoms with van der Waals surface area (Å²) in [7, 11) is -3.23. The fourth-order valence-electron chi connectivity index (χ4n) is 2.16. The molecule has 1 aromatic heterocycles. The SMILES string of the molecule is CCOc1ccc(C(=O)OCC(=O)c2ccc(CCNS(C)(=O)=O)s2)cc1. The molecular weight excluding hydrogens is 390 g/mol. The lowest BCUT2D eigenvalue weighted by atomic mass is 10.2. The lowest BCUT2D eigenvalue weighted by molar-refractivity contribution is 0.0476. The maximum Gasteiger partial charge on any atom is 0.338 e. The molecule has 2 aromatic rings. The lowest BCUT2D eigenvalue weighted by Gasteiger charge is -2.05. The number of thiophene rings is 1. The maximum atomic E-state index is 12.2. The number of ether oxygens (including phenoxy) is 2. The standard InChI is InChI=1S/C18H21NO6S2/c1-3-24-14-6-4-13(5-7-14)18(21)25-12-16(20)17-9-8-15(26-17)10-11-19-27(2,22)23/h4-9,19H,3,10-12H2,1-2H3. The molecule has 0 aliphatic carbocycles. The second-order valence-electron chi connectivity index (χ2n) is 5.64. The van der Waals surface area contributed by atoms with Gasteiger partial charge < -0.3 is 9.47 Å². The van der Waals surface area contributed by atoms with E-state index < -0.39 is 16.0 Å². The lowest BCUT2D eigenvalue weighted by Crippen LogP contribution is -2.24. The molecule has 0 saturated heterocycles. The van der Waals surface area contributed by atoms with Gasteiger partial charge in [-0.05, 0) is 49.7 Å². The average Bonchev–Trinajstić information content (AvgIpc) is 3.08. The van der Waals surface area contributed by atoms with E-state index in [1.807, 2.05) is 6.92 Å². The third-order valence-electron chi connectivity index (χ3n) is 3.41. The van der Waals surface area contributed by atoms with E-state index in [-0.39, 0.29) is 18.9 Å². The fourth-order valence-corrected chi connectivity index (χ4v) is 3.57. The van der Waals surface area contributed by atoms with Crippen LogP contribution in [0.1, 0.15) is 31.8 Å². The molecule has 0 radical (unpaired) electrons. The number of benzene rings is 1. The molecule has 0 aliphatic heterocycles. The van der Waals surface area contributed by atoms with E-state index in [9.17, 15) is 18.0 Å². The van der Waals surface area contributed by atoms with Crippen LogP contribution < -0.4 is 9.46 Å². The Labute approximate surface area is 162 Å². The Hall–Kier alpha value is -2.23. The molecule has 2 rings (SSSR count). The first-order valence-corrected chi connectivity index (χ1v) is 11.0. The molecular formula is C18H21NO6S2. The van der Waals surface area contributed by atoms with Crippen molar-refractivity contribution in [3.8, 4) is 5.75 Å². The molecule has 0 fully saturated rings. The molecule has 27 heavy (non-hydrogen) atoms. The van der Waals surface area contributed by atoms with E-state index in [0.29, 0.717) is 29.2 Å². The first-order chi connectivity index (χ1) is 12.8. The zero-order valence-electron chi connectivity index (χ0n) is 15.1. The number of Topliss-reactive ketones (excluding diaryl/α,β-unsaturated/α-hetero) is 1. The number of esters is 1. The first kappa shape index (κ1) is 21.1. The van der Waals surface area contributed by atoms with E-state index in [1.54, 1.807) is 36.4 Å². The van der Waals surface area contributed by atoms with Crippen molar-refractivity contribution >= 4 is 33.1 Å². The number of carbonyl (C=O) groups is 2. The third-order valence-corrected chi connectivity index (χ3v) is 5.32. The van der Waals surface area contributed by atoms with Gasteiger partial charge in [0, 0.05) is 11.4 Å². The largest absolute Gasteiger partial charge is 0.494 e. The Bertz CT molecular complexity index is 887. The van der Waals surface area contributed by atoms with Gasteiger partial charge in [0.15, 0.2) is 6.61 Å². The van der Waals surface area contributed by atoms with Crippen molar-refractivity contribution in [3.63, 3.8) is 0 Å². The molecule has 146 valence electrons. The van der Waals surface area contributed by atoms with Gasteiger partial charge in [0.2, 0.25) is 15.8 Å². The molecule has 1 N–H and O–H groups in total. The van der Waals surface area contributed by atoms with Crippen LogP contribution in [0.2, 0.25) is 0 Å². The Morgan fingerprint density at radius 2 is 1.81 bits per heavy atom. The van der Waals surface area contributed by atoms with Crippen LogP contribution in [0.4, 0.5) is 0 Å². The zero-order valence-corrected chi connectivity index (χ0v) is 16.7. The summed E-state index contributed by atoms with van der Waals surface area (Å²) in [6.45, 7) is 2.31. The van der Waals surface area contributed by atoms with Gasteiger partial charge in [0.05, 0.1) is 23.3 Å². The van der Waals surface area contributed by atoms with Crippen LogP contribution in [0.5, 0.6) is 5.75 Å². The van der Waals surface area contributed by atoms with E-state index >= 15 is 0 Å². The number of nitrogens with one attached hydrogen (secondary N) is 1. The summed E-state index contributed by atoms with van der Waals surface area (Å²) in [5.41, 5.74) is 0.338. The van der Waals surface area contributed by atoms with Gasteiger partial charge in [-0.2, -0.15) is 0 Å². The highest BCUT2D eigenvalue weighted by Crippen LogP contribution is 2.18. The van der Waals surface area contributed by atoms with Crippen LogP contribution in [0.15, 0.2) is 36.4 Å². The summed E-state index contributed by atoms with van der Waals surface area (Å²) in [5.74, 6) is -0.233. The second-order valence-corrected chi connectivity index (χ2v) is 8.64. The van der Waals surface area contributed by atoms with Gasteiger partial charge in [-0.3, -0.25) is 4.79 Å². The molecule has 7 nitrogen and oxygen atoms in total. The molecule has 0 atom stereocenters. The highest BCUT2D eigenvalue weighted by atomic mass is 32.2. The minimum atomic E-state index is -3.23. The van der Waals surface area contributed by atoms with Gasteiger partial charge in [-0.15, -0.1) is 11.3 Å². The van der Waals surface area contributed by atoms with Gasteiger partial charge in [0.25, 0.3) is 0 Å². The number of ketones is 1. The van der Waals surface area contributed by atoms with Crippen molar-refractivity contribution in [2.75, 3.05) is 26.0 Å². The minimum absolute atomic E-state index is 0.264. The van der Waals surface area contributed by atoms with E-state index in [2.05, 4.69) is 4.72 Å². The average molecular weight is 412 g/mol. The van der Waals surface area contributed by atoms with Crippen molar-refractivity contribution in [3.05, 3.63) is 51.7 Å². The number of rotatable bonds is 10. The summed E-state index contributed by atoms with van der Waals surface area (Å²) in [4.78, 5) is 25.5. The molecule has 1 aromatic carbocycles. The molecule has 0 amide bonds. The van der Waals surface area contributed by atoms with Crippen molar-refractivity contribution in [1.82, 2.24) is 4.72 Å². The number of hydrogen-bond acceptors (Lipinski definition) is 7. The second kappa shape index (κ2) is 9.63. The van der Waals surface area contributed by atoms with Gasteiger partial charge >= 0.3 is 5.97 Å². The Morgan fingerprint density at radius 3 is 2.44 bits per heavy atom. The van der Waals surface area contributed by atoms with Gasteiger partial charge in [-0.1, -0.05) is 0 Å². The molecule has 9 heteroatoms. The molecule has 0 bridgehead atoms. The van der Waals surface area contributed by atoms with Crippen LogP contribution in [0.25, 0.3) is 0 Å². The Morgan fingerprint density at radius 1 is 1.11 bits per heavy atom.